The molecule has 3 aromatic rings. The van der Waals surface area contributed by atoms with Crippen molar-refractivity contribution in [3.05, 3.63) is 34.4 Å². The topological polar surface area (TPSA) is 89.1 Å². The molecule has 1 aliphatic heterocycles. The van der Waals surface area contributed by atoms with Crippen LogP contribution in [0.2, 0.25) is 0 Å². The first-order chi connectivity index (χ1) is 13.1. The maximum absolute atomic E-state index is 14.9. The normalized spacial score (nSPS) is 17.6. The Labute approximate surface area is 158 Å². The zero-order valence-electron chi connectivity index (χ0n) is 14.6. The Morgan fingerprint density at radius 2 is 2.00 bits per heavy atom. The molecule has 27 heavy (non-hydrogen) atoms. The Balaban J connectivity index is 1.73. The van der Waals surface area contributed by atoms with Crippen molar-refractivity contribution in [1.82, 2.24) is 20.1 Å². The molecule has 1 aliphatic carbocycles. The predicted octanol–water partition coefficient (Wildman–Crippen LogP) is 1.99. The third-order valence-corrected chi connectivity index (χ3v) is 5.96. The number of rotatable bonds is 3. The van der Waals surface area contributed by atoms with Gasteiger partial charge in [-0.2, -0.15) is 0 Å². The van der Waals surface area contributed by atoms with Crippen LogP contribution in [0.5, 0.6) is 0 Å². The molecule has 5 rings (SSSR count). The molecule has 9 heteroatoms. The van der Waals surface area contributed by atoms with Gasteiger partial charge in [0.2, 0.25) is 5.13 Å². The van der Waals surface area contributed by atoms with Crippen molar-refractivity contribution in [3.8, 4) is 10.6 Å². The second-order valence-corrected chi connectivity index (χ2v) is 8.02. The molecule has 1 saturated carbocycles. The molecule has 3 heterocycles. The van der Waals surface area contributed by atoms with Crippen molar-refractivity contribution in [2.45, 2.75) is 18.9 Å². The number of halogens is 1. The van der Waals surface area contributed by atoms with Crippen molar-refractivity contribution >= 4 is 33.1 Å². The smallest absolute Gasteiger partial charge is 0.203 e. The number of fused-ring (bicyclic) bond motifs is 1. The van der Waals surface area contributed by atoms with Gasteiger partial charge in [0.25, 0.3) is 0 Å². The van der Waals surface area contributed by atoms with E-state index in [-0.39, 0.29) is 11.2 Å². The molecule has 0 radical (unpaired) electrons. The number of pyridine rings is 1. The highest BCUT2D eigenvalue weighted by Crippen LogP contribution is 2.39. The number of hydrogen-bond acceptors (Lipinski definition) is 7. The number of hydrogen-bond donors (Lipinski definition) is 2. The van der Waals surface area contributed by atoms with Gasteiger partial charge in [-0.1, -0.05) is 11.3 Å². The number of benzene rings is 1. The highest BCUT2D eigenvalue weighted by Gasteiger charge is 2.27. The van der Waals surface area contributed by atoms with Crippen LogP contribution in [0.3, 0.4) is 0 Å². The number of nitrogens with one attached hydrogen (secondary N) is 1. The summed E-state index contributed by atoms with van der Waals surface area (Å²) in [4.78, 5) is 15.1. The van der Waals surface area contributed by atoms with E-state index in [1.165, 1.54) is 17.4 Å². The molecule has 0 spiro atoms. The summed E-state index contributed by atoms with van der Waals surface area (Å²) < 4.78 is 17.0. The van der Waals surface area contributed by atoms with E-state index in [0.717, 1.165) is 44.5 Å². The van der Waals surface area contributed by atoms with Crippen LogP contribution >= 0.6 is 11.3 Å². The highest BCUT2D eigenvalue weighted by molar-refractivity contribution is 7.18. The van der Waals surface area contributed by atoms with E-state index in [1.54, 1.807) is 0 Å². The van der Waals surface area contributed by atoms with Crippen LogP contribution in [-0.4, -0.2) is 40.9 Å². The van der Waals surface area contributed by atoms with Gasteiger partial charge in [0, 0.05) is 43.8 Å². The molecule has 1 saturated heterocycles. The van der Waals surface area contributed by atoms with Gasteiger partial charge in [-0.3, -0.25) is 4.79 Å². The first-order valence-electron chi connectivity index (χ1n) is 9.05. The van der Waals surface area contributed by atoms with Crippen LogP contribution in [0.1, 0.15) is 18.9 Å². The summed E-state index contributed by atoms with van der Waals surface area (Å²) in [5, 5.41) is 12.3. The van der Waals surface area contributed by atoms with Crippen LogP contribution in [-0.2, 0) is 0 Å². The van der Waals surface area contributed by atoms with Crippen LogP contribution in [0, 0.1) is 5.82 Å². The Morgan fingerprint density at radius 3 is 2.67 bits per heavy atom. The Morgan fingerprint density at radius 1 is 1.22 bits per heavy atom. The molecular weight excluding hydrogens is 367 g/mol. The summed E-state index contributed by atoms with van der Waals surface area (Å²) in [7, 11) is 0. The van der Waals surface area contributed by atoms with Crippen molar-refractivity contribution in [2.24, 2.45) is 0 Å². The van der Waals surface area contributed by atoms with Crippen LogP contribution < -0.4 is 21.4 Å². The highest BCUT2D eigenvalue weighted by atomic mass is 32.1. The van der Waals surface area contributed by atoms with Gasteiger partial charge in [0.15, 0.2) is 10.4 Å². The monoisotopic (exact) mass is 386 g/mol. The molecule has 1 aromatic carbocycles. The van der Waals surface area contributed by atoms with E-state index in [9.17, 15) is 9.18 Å². The van der Waals surface area contributed by atoms with E-state index >= 15 is 0 Å². The van der Waals surface area contributed by atoms with E-state index in [1.807, 2.05) is 17.2 Å². The molecule has 3 N–H and O–H groups in total. The molecule has 0 atom stereocenters. The third-order valence-electron chi connectivity index (χ3n) is 5.17. The summed E-state index contributed by atoms with van der Waals surface area (Å²) in [5.41, 5.74) is 7.21. The molecule has 2 aliphatic rings. The van der Waals surface area contributed by atoms with E-state index in [0.29, 0.717) is 32.8 Å². The Hall–Kier alpha value is -2.52. The number of nitrogens with two attached hydrogens (primary N) is 1. The summed E-state index contributed by atoms with van der Waals surface area (Å²) in [5.74, 6) is -0.363. The zero-order chi connectivity index (χ0) is 18.5. The first kappa shape index (κ1) is 16.6. The van der Waals surface area contributed by atoms with Crippen LogP contribution in [0.15, 0.2) is 23.1 Å². The minimum Gasteiger partial charge on any atom is -0.374 e. The molecular formula is C18H19FN6OS. The second kappa shape index (κ2) is 6.28. The molecule has 140 valence electrons. The SMILES string of the molecule is Nc1nnc(-c2cn(C3CC3)c3cc(N4CCNCC4)c(F)cc3c2=O)s1. The lowest BCUT2D eigenvalue weighted by molar-refractivity contribution is 0.567. The summed E-state index contributed by atoms with van der Waals surface area (Å²) in [6, 6.07) is 3.54. The number of nitrogen functional groups attached to an aromatic ring is 1. The third kappa shape index (κ3) is 2.87. The standard InChI is InChI=1S/C18H19FN6OS/c19-13-7-11-14(8-15(13)24-5-3-21-4-6-24)25(10-1-2-10)9-12(16(11)26)17-22-23-18(20)27-17/h7-10,21H,1-6H2,(H2,20,23). The summed E-state index contributed by atoms with van der Waals surface area (Å²) >= 11 is 1.17. The molecule has 7 nitrogen and oxygen atoms in total. The fourth-order valence-corrected chi connectivity index (χ4v) is 4.27. The van der Waals surface area contributed by atoms with Crippen molar-refractivity contribution < 1.29 is 4.39 Å². The fraction of sp³-hybridized carbons (Fsp3) is 0.389. The van der Waals surface area contributed by atoms with Crippen molar-refractivity contribution in [3.63, 3.8) is 0 Å². The van der Waals surface area contributed by atoms with Crippen molar-refractivity contribution in [1.29, 1.82) is 0 Å². The zero-order valence-corrected chi connectivity index (χ0v) is 15.4. The minimum absolute atomic E-state index is 0.233. The Kier molecular flexibility index (Phi) is 3.87. The lowest BCUT2D eigenvalue weighted by Gasteiger charge is -2.30. The number of nitrogens with zero attached hydrogens (tertiary/aromatic N) is 4. The molecule has 0 bridgehead atoms. The number of anilines is 2. The largest absolute Gasteiger partial charge is 0.374 e. The van der Waals surface area contributed by atoms with Gasteiger partial charge in [-0.25, -0.2) is 4.39 Å². The van der Waals surface area contributed by atoms with Gasteiger partial charge < -0.3 is 20.5 Å². The quantitative estimate of drug-likeness (QED) is 0.716. The summed E-state index contributed by atoms with van der Waals surface area (Å²) in [6.07, 6.45) is 3.94. The lowest BCUT2D eigenvalue weighted by atomic mass is 10.1. The van der Waals surface area contributed by atoms with Crippen LogP contribution in [0.25, 0.3) is 21.5 Å². The molecule has 2 aromatic heterocycles. The average molecular weight is 386 g/mol. The van der Waals surface area contributed by atoms with Gasteiger partial charge in [-0.05, 0) is 25.0 Å². The van der Waals surface area contributed by atoms with Gasteiger partial charge >= 0.3 is 0 Å². The Bertz CT molecular complexity index is 1080. The van der Waals surface area contributed by atoms with Crippen molar-refractivity contribution in [2.75, 3.05) is 36.8 Å². The fourth-order valence-electron chi connectivity index (χ4n) is 3.66. The molecule has 0 unspecified atom stereocenters. The predicted molar refractivity (Wildman–Crippen MR) is 105 cm³/mol. The lowest BCUT2D eigenvalue weighted by Crippen LogP contribution is -2.43. The molecule has 2 fully saturated rings. The van der Waals surface area contributed by atoms with Gasteiger partial charge in [-0.15, -0.1) is 10.2 Å². The van der Waals surface area contributed by atoms with E-state index < -0.39 is 0 Å². The number of aromatic nitrogens is 3. The van der Waals surface area contributed by atoms with E-state index in [4.69, 9.17) is 5.73 Å². The summed E-state index contributed by atoms with van der Waals surface area (Å²) in [6.45, 7) is 3.14. The van der Waals surface area contributed by atoms with Crippen LogP contribution in [0.4, 0.5) is 15.2 Å². The maximum Gasteiger partial charge on any atom is 0.203 e. The second-order valence-electron chi connectivity index (χ2n) is 7.01. The maximum atomic E-state index is 14.9. The average Bonchev–Trinajstić information content (AvgIpc) is 3.43. The van der Waals surface area contributed by atoms with E-state index in [2.05, 4.69) is 20.1 Å². The van der Waals surface area contributed by atoms with Gasteiger partial charge in [0.1, 0.15) is 5.82 Å². The minimum atomic E-state index is -0.363. The first-order valence-corrected chi connectivity index (χ1v) is 9.87. The molecule has 0 amide bonds. The number of piperazine rings is 1. The van der Waals surface area contributed by atoms with Gasteiger partial charge in [0.05, 0.1) is 16.8 Å².